The van der Waals surface area contributed by atoms with Crippen molar-refractivity contribution in [1.29, 1.82) is 0 Å². The van der Waals surface area contributed by atoms with E-state index in [0.29, 0.717) is 0 Å². The minimum absolute atomic E-state index is 0.122. The number of benzene rings is 1. The highest BCUT2D eigenvalue weighted by Crippen LogP contribution is 2.49. The summed E-state index contributed by atoms with van der Waals surface area (Å²) in [7, 11) is 0. The van der Waals surface area contributed by atoms with E-state index in [9.17, 15) is 0 Å². The molecule has 0 saturated carbocycles. The molecule has 0 amide bonds. The van der Waals surface area contributed by atoms with Gasteiger partial charge in [0.1, 0.15) is 0 Å². The van der Waals surface area contributed by atoms with Crippen LogP contribution in [0.4, 0.5) is 0 Å². The van der Waals surface area contributed by atoms with Gasteiger partial charge in [0.15, 0.2) is 5.79 Å². The number of fused-ring (bicyclic) bond motifs is 1. The first-order valence-electron chi connectivity index (χ1n) is 8.07. The Hall–Kier alpha value is -0.940. The Morgan fingerprint density at radius 1 is 1.10 bits per heavy atom. The maximum Gasteiger partial charge on any atom is 0.177 e. The van der Waals surface area contributed by atoms with Gasteiger partial charge in [-0.15, -0.1) is 0 Å². The van der Waals surface area contributed by atoms with Gasteiger partial charge in [0, 0.05) is 32.6 Å². The molecule has 3 heterocycles. The third-order valence-electron chi connectivity index (χ3n) is 5.34. The van der Waals surface area contributed by atoms with Crippen LogP contribution < -0.4 is 5.32 Å². The summed E-state index contributed by atoms with van der Waals surface area (Å²) in [5.41, 5.74) is 1.51. The highest BCUT2D eigenvalue weighted by Gasteiger charge is 2.59. The molecule has 21 heavy (non-hydrogen) atoms. The Bertz CT molecular complexity index is 487. The van der Waals surface area contributed by atoms with Gasteiger partial charge in [-0.25, -0.2) is 0 Å². The largest absolute Gasteiger partial charge is 0.347 e. The lowest BCUT2D eigenvalue weighted by molar-refractivity contribution is -0.246. The van der Waals surface area contributed by atoms with Gasteiger partial charge >= 0.3 is 0 Å². The molecular weight excluding hydrogens is 264 g/mol. The maximum atomic E-state index is 6.13. The van der Waals surface area contributed by atoms with Gasteiger partial charge < -0.3 is 14.8 Å². The lowest BCUT2D eigenvalue weighted by Gasteiger charge is -2.48. The van der Waals surface area contributed by atoms with Gasteiger partial charge in [-0.2, -0.15) is 0 Å². The van der Waals surface area contributed by atoms with Gasteiger partial charge in [-0.1, -0.05) is 30.3 Å². The summed E-state index contributed by atoms with van der Waals surface area (Å²) in [5.74, 6) is -0.330. The van der Waals surface area contributed by atoms with Crippen molar-refractivity contribution in [2.24, 2.45) is 5.41 Å². The third kappa shape index (κ3) is 2.30. The monoisotopic (exact) mass is 288 g/mol. The zero-order chi connectivity index (χ0) is 14.2. The molecule has 1 aromatic carbocycles. The first kappa shape index (κ1) is 13.7. The van der Waals surface area contributed by atoms with E-state index in [-0.39, 0.29) is 11.2 Å². The summed E-state index contributed by atoms with van der Waals surface area (Å²) >= 11 is 0. The Morgan fingerprint density at radius 2 is 1.90 bits per heavy atom. The molecule has 1 atom stereocenters. The molecule has 3 saturated heterocycles. The van der Waals surface area contributed by atoms with Crippen molar-refractivity contribution < 1.29 is 9.47 Å². The summed E-state index contributed by atoms with van der Waals surface area (Å²) < 4.78 is 12.3. The average molecular weight is 288 g/mol. The summed E-state index contributed by atoms with van der Waals surface area (Å²) in [6.07, 6.45) is 2.14. The minimum Gasteiger partial charge on any atom is -0.347 e. The first-order chi connectivity index (χ1) is 10.3. The number of hydrogen-bond acceptors (Lipinski definition) is 4. The zero-order valence-corrected chi connectivity index (χ0v) is 12.5. The summed E-state index contributed by atoms with van der Waals surface area (Å²) in [6, 6.07) is 10.7. The molecule has 1 unspecified atom stereocenters. The van der Waals surface area contributed by atoms with E-state index in [2.05, 4.69) is 40.5 Å². The van der Waals surface area contributed by atoms with Crippen LogP contribution in [-0.2, 0) is 16.0 Å². The number of likely N-dealkylation sites (tertiary alicyclic amines) is 1. The fourth-order valence-electron chi connectivity index (χ4n) is 4.28. The minimum atomic E-state index is -0.330. The van der Waals surface area contributed by atoms with Crippen molar-refractivity contribution in [2.45, 2.75) is 25.2 Å². The van der Waals surface area contributed by atoms with Gasteiger partial charge in [0.25, 0.3) is 0 Å². The van der Waals surface area contributed by atoms with E-state index in [1.54, 1.807) is 0 Å². The fourth-order valence-corrected chi connectivity index (χ4v) is 4.28. The quantitative estimate of drug-likeness (QED) is 0.896. The molecule has 4 heteroatoms. The molecule has 4 rings (SSSR count). The molecule has 3 aliphatic heterocycles. The van der Waals surface area contributed by atoms with Gasteiger partial charge in [-0.3, -0.25) is 4.90 Å². The SMILES string of the molecule is c1ccc(CN2CCC3(CNCCC34OCCO4)C2)cc1. The van der Waals surface area contributed by atoms with Crippen LogP contribution in [0, 0.1) is 5.41 Å². The second kappa shape index (κ2) is 5.36. The van der Waals surface area contributed by atoms with Crippen molar-refractivity contribution in [1.82, 2.24) is 10.2 Å². The highest BCUT2D eigenvalue weighted by molar-refractivity contribution is 5.15. The lowest BCUT2D eigenvalue weighted by atomic mass is 9.74. The standard InChI is InChI=1S/C17H24N2O2/c1-2-4-15(5-3-1)12-19-9-7-16(14-19)13-18-8-6-17(16)20-10-11-21-17/h1-5,18H,6-14H2. The molecule has 1 N–H and O–H groups in total. The van der Waals surface area contributed by atoms with Crippen LogP contribution in [0.2, 0.25) is 0 Å². The smallest absolute Gasteiger partial charge is 0.177 e. The molecule has 4 nitrogen and oxygen atoms in total. The predicted molar refractivity (Wildman–Crippen MR) is 80.9 cm³/mol. The van der Waals surface area contributed by atoms with Crippen molar-refractivity contribution in [2.75, 3.05) is 39.4 Å². The zero-order valence-electron chi connectivity index (χ0n) is 12.5. The Kier molecular flexibility index (Phi) is 3.50. The van der Waals surface area contributed by atoms with E-state index < -0.39 is 0 Å². The molecule has 0 bridgehead atoms. The van der Waals surface area contributed by atoms with Crippen molar-refractivity contribution >= 4 is 0 Å². The molecule has 3 fully saturated rings. The normalized spacial score (nSPS) is 32.2. The number of piperidine rings is 1. The fraction of sp³-hybridized carbons (Fsp3) is 0.647. The number of rotatable bonds is 2. The van der Waals surface area contributed by atoms with Crippen molar-refractivity contribution in [3.63, 3.8) is 0 Å². The number of nitrogens with one attached hydrogen (secondary N) is 1. The third-order valence-corrected chi connectivity index (χ3v) is 5.34. The summed E-state index contributed by atoms with van der Waals surface area (Å²) in [4.78, 5) is 2.55. The van der Waals surface area contributed by atoms with E-state index in [4.69, 9.17) is 9.47 Å². The molecular formula is C17H24N2O2. The van der Waals surface area contributed by atoms with Crippen LogP contribution in [0.1, 0.15) is 18.4 Å². The summed E-state index contributed by atoms with van der Waals surface area (Å²) in [6.45, 7) is 6.73. The molecule has 0 aromatic heterocycles. The molecule has 1 aromatic rings. The second-order valence-electron chi connectivity index (χ2n) is 6.60. The van der Waals surface area contributed by atoms with E-state index in [1.807, 2.05) is 0 Å². The Labute approximate surface area is 126 Å². The molecule has 0 aliphatic carbocycles. The van der Waals surface area contributed by atoms with Crippen LogP contribution in [0.25, 0.3) is 0 Å². The maximum absolute atomic E-state index is 6.13. The van der Waals surface area contributed by atoms with E-state index in [0.717, 1.165) is 58.8 Å². The van der Waals surface area contributed by atoms with Crippen LogP contribution in [0.15, 0.2) is 30.3 Å². The molecule has 3 aliphatic rings. The molecule has 0 radical (unpaired) electrons. The Balaban J connectivity index is 1.51. The van der Waals surface area contributed by atoms with Crippen LogP contribution >= 0.6 is 0 Å². The van der Waals surface area contributed by atoms with Gasteiger partial charge in [0.2, 0.25) is 0 Å². The highest BCUT2D eigenvalue weighted by atomic mass is 16.7. The number of hydrogen-bond donors (Lipinski definition) is 1. The number of nitrogens with zero attached hydrogens (tertiary/aromatic N) is 1. The molecule has 2 spiro atoms. The predicted octanol–water partition coefficient (Wildman–Crippen LogP) is 1.62. The van der Waals surface area contributed by atoms with Crippen LogP contribution in [-0.4, -0.2) is 50.1 Å². The van der Waals surface area contributed by atoms with Gasteiger partial charge in [-0.05, 0) is 18.5 Å². The first-order valence-corrected chi connectivity index (χ1v) is 8.07. The lowest BCUT2D eigenvalue weighted by Crippen LogP contribution is -2.60. The van der Waals surface area contributed by atoms with Crippen molar-refractivity contribution in [3.05, 3.63) is 35.9 Å². The van der Waals surface area contributed by atoms with Crippen LogP contribution in [0.5, 0.6) is 0 Å². The second-order valence-corrected chi connectivity index (χ2v) is 6.60. The van der Waals surface area contributed by atoms with E-state index >= 15 is 0 Å². The van der Waals surface area contributed by atoms with Gasteiger partial charge in [0.05, 0.1) is 18.6 Å². The average Bonchev–Trinajstić information content (AvgIpc) is 3.13. The van der Waals surface area contributed by atoms with Crippen LogP contribution in [0.3, 0.4) is 0 Å². The van der Waals surface area contributed by atoms with E-state index in [1.165, 1.54) is 5.56 Å². The number of ether oxygens (including phenoxy) is 2. The molecule has 114 valence electrons. The van der Waals surface area contributed by atoms with Crippen molar-refractivity contribution in [3.8, 4) is 0 Å². The Morgan fingerprint density at radius 3 is 2.71 bits per heavy atom. The topological polar surface area (TPSA) is 33.7 Å². The summed E-state index contributed by atoms with van der Waals surface area (Å²) in [5, 5.41) is 3.57.